The smallest absolute Gasteiger partial charge is 0.311 e. The van der Waals surface area contributed by atoms with Crippen LogP contribution in [0.2, 0.25) is 0 Å². The largest absolute Gasteiger partial charge is 0.481 e. The van der Waals surface area contributed by atoms with Crippen LogP contribution in [0.4, 0.5) is 0 Å². The van der Waals surface area contributed by atoms with Crippen molar-refractivity contribution in [2.24, 2.45) is 17.3 Å². The lowest BCUT2D eigenvalue weighted by atomic mass is 9.80. The molecule has 0 aromatic heterocycles. The number of carboxylic acids is 1. The first-order valence-electron chi connectivity index (χ1n) is 7.23. The molecule has 2 aliphatic heterocycles. The number of fused-ring (bicyclic) bond motifs is 1. The first-order chi connectivity index (χ1) is 8.70. The fraction of sp³-hybridized carbons (Fsp3) is 0.929. The number of hydrogen-bond acceptors (Lipinski definition) is 3. The van der Waals surface area contributed by atoms with Crippen LogP contribution in [0.25, 0.3) is 0 Å². The number of ether oxygens (including phenoxy) is 1. The van der Waals surface area contributed by atoms with Crippen molar-refractivity contribution in [1.82, 2.24) is 4.90 Å². The van der Waals surface area contributed by atoms with Gasteiger partial charge in [-0.2, -0.15) is 0 Å². The first kappa shape index (κ1) is 12.4. The van der Waals surface area contributed by atoms with Crippen LogP contribution in [-0.4, -0.2) is 48.8 Å². The molecule has 3 aliphatic rings. The number of nitrogens with zero attached hydrogens (tertiary/aromatic N) is 1. The van der Waals surface area contributed by atoms with Gasteiger partial charge in [-0.15, -0.1) is 0 Å². The normalized spacial score (nSPS) is 35.6. The average molecular weight is 253 g/mol. The Morgan fingerprint density at radius 2 is 1.83 bits per heavy atom. The van der Waals surface area contributed by atoms with Gasteiger partial charge in [-0.1, -0.05) is 6.42 Å². The summed E-state index contributed by atoms with van der Waals surface area (Å²) >= 11 is 0. The van der Waals surface area contributed by atoms with Crippen molar-refractivity contribution in [3.05, 3.63) is 0 Å². The molecule has 0 spiro atoms. The topological polar surface area (TPSA) is 49.8 Å². The van der Waals surface area contributed by atoms with E-state index in [9.17, 15) is 9.90 Å². The number of rotatable bonds is 3. The number of carbonyl (C=O) groups is 1. The van der Waals surface area contributed by atoms with Gasteiger partial charge in [-0.3, -0.25) is 4.79 Å². The fourth-order valence-electron chi connectivity index (χ4n) is 4.09. The Labute approximate surface area is 108 Å². The molecule has 1 saturated carbocycles. The van der Waals surface area contributed by atoms with Crippen LogP contribution in [0.5, 0.6) is 0 Å². The van der Waals surface area contributed by atoms with Crippen molar-refractivity contribution in [1.29, 1.82) is 0 Å². The zero-order valence-electron chi connectivity index (χ0n) is 10.9. The summed E-state index contributed by atoms with van der Waals surface area (Å²) in [6.45, 7) is 4.19. The molecule has 2 atom stereocenters. The van der Waals surface area contributed by atoms with E-state index < -0.39 is 11.4 Å². The molecular formula is C14H23NO3. The Morgan fingerprint density at radius 1 is 1.22 bits per heavy atom. The van der Waals surface area contributed by atoms with Gasteiger partial charge < -0.3 is 14.7 Å². The van der Waals surface area contributed by atoms with Crippen molar-refractivity contribution >= 4 is 5.97 Å². The van der Waals surface area contributed by atoms with E-state index in [2.05, 4.69) is 4.90 Å². The Bertz CT molecular complexity index is 313. The summed E-state index contributed by atoms with van der Waals surface area (Å²) < 4.78 is 5.33. The highest BCUT2D eigenvalue weighted by atomic mass is 16.5. The maximum atomic E-state index is 11.6. The lowest BCUT2D eigenvalue weighted by molar-refractivity contribution is -0.156. The molecule has 1 N–H and O–H groups in total. The molecule has 2 saturated heterocycles. The van der Waals surface area contributed by atoms with Gasteiger partial charge in [0.15, 0.2) is 0 Å². The van der Waals surface area contributed by atoms with Crippen molar-refractivity contribution in [3.8, 4) is 0 Å². The summed E-state index contributed by atoms with van der Waals surface area (Å²) in [7, 11) is 0. The zero-order valence-corrected chi connectivity index (χ0v) is 10.9. The monoisotopic (exact) mass is 253 g/mol. The SMILES string of the molecule is O=C(O)C1(CN2CC3CCCC3C2)CCOCC1. The summed E-state index contributed by atoms with van der Waals surface area (Å²) in [6, 6.07) is 0. The van der Waals surface area contributed by atoms with E-state index in [-0.39, 0.29) is 0 Å². The van der Waals surface area contributed by atoms with Gasteiger partial charge in [0, 0.05) is 32.8 Å². The van der Waals surface area contributed by atoms with Gasteiger partial charge in [0.05, 0.1) is 5.41 Å². The molecule has 0 aromatic rings. The Hall–Kier alpha value is -0.610. The van der Waals surface area contributed by atoms with Gasteiger partial charge >= 0.3 is 5.97 Å². The number of carboxylic acid groups (broad SMARTS) is 1. The van der Waals surface area contributed by atoms with Crippen molar-refractivity contribution in [2.75, 3.05) is 32.8 Å². The van der Waals surface area contributed by atoms with Crippen molar-refractivity contribution < 1.29 is 14.6 Å². The van der Waals surface area contributed by atoms with Crippen LogP contribution in [0, 0.1) is 17.3 Å². The van der Waals surface area contributed by atoms with Crippen molar-refractivity contribution in [3.63, 3.8) is 0 Å². The lowest BCUT2D eigenvalue weighted by Gasteiger charge is -2.36. The molecule has 3 rings (SSSR count). The van der Waals surface area contributed by atoms with E-state index in [0.29, 0.717) is 26.1 Å². The molecule has 2 unspecified atom stereocenters. The second-order valence-corrected chi connectivity index (χ2v) is 6.34. The van der Waals surface area contributed by atoms with Crippen LogP contribution < -0.4 is 0 Å². The van der Waals surface area contributed by atoms with E-state index in [1.165, 1.54) is 19.3 Å². The summed E-state index contributed by atoms with van der Waals surface area (Å²) in [4.78, 5) is 14.0. The van der Waals surface area contributed by atoms with Gasteiger partial charge in [0.25, 0.3) is 0 Å². The molecule has 0 bridgehead atoms. The highest BCUT2D eigenvalue weighted by Crippen LogP contribution is 2.40. The van der Waals surface area contributed by atoms with E-state index in [1.807, 2.05) is 0 Å². The molecule has 1 aliphatic carbocycles. The van der Waals surface area contributed by atoms with E-state index in [4.69, 9.17) is 4.74 Å². The van der Waals surface area contributed by atoms with E-state index >= 15 is 0 Å². The summed E-state index contributed by atoms with van der Waals surface area (Å²) in [5.41, 5.74) is -0.545. The Balaban J connectivity index is 1.64. The first-order valence-corrected chi connectivity index (χ1v) is 7.23. The summed E-state index contributed by atoms with van der Waals surface area (Å²) in [6.07, 6.45) is 5.43. The maximum absolute atomic E-state index is 11.6. The quantitative estimate of drug-likeness (QED) is 0.830. The number of aliphatic carboxylic acids is 1. The Morgan fingerprint density at radius 3 is 2.39 bits per heavy atom. The number of hydrogen-bond donors (Lipinski definition) is 1. The molecule has 0 radical (unpaired) electrons. The van der Waals surface area contributed by atoms with E-state index in [0.717, 1.165) is 31.5 Å². The second-order valence-electron chi connectivity index (χ2n) is 6.34. The maximum Gasteiger partial charge on any atom is 0.311 e. The molecule has 3 fully saturated rings. The highest BCUT2D eigenvalue weighted by Gasteiger charge is 2.45. The fourth-order valence-corrected chi connectivity index (χ4v) is 4.09. The molecule has 4 nitrogen and oxygen atoms in total. The predicted octanol–water partition coefficient (Wildman–Crippen LogP) is 1.60. The van der Waals surface area contributed by atoms with Crippen LogP contribution in [0.15, 0.2) is 0 Å². The third-order valence-corrected chi connectivity index (χ3v) is 5.23. The Kier molecular flexibility index (Phi) is 3.32. The zero-order chi connectivity index (χ0) is 12.6. The third-order valence-electron chi connectivity index (χ3n) is 5.23. The molecule has 102 valence electrons. The second kappa shape index (κ2) is 4.82. The van der Waals surface area contributed by atoms with Crippen molar-refractivity contribution in [2.45, 2.75) is 32.1 Å². The third kappa shape index (κ3) is 2.16. The van der Waals surface area contributed by atoms with Crippen LogP contribution in [0.1, 0.15) is 32.1 Å². The van der Waals surface area contributed by atoms with Crippen LogP contribution in [-0.2, 0) is 9.53 Å². The highest BCUT2D eigenvalue weighted by molar-refractivity contribution is 5.75. The summed E-state index contributed by atoms with van der Waals surface area (Å²) in [5.74, 6) is 1.06. The molecule has 18 heavy (non-hydrogen) atoms. The summed E-state index contributed by atoms with van der Waals surface area (Å²) in [5, 5.41) is 9.57. The lowest BCUT2D eigenvalue weighted by Crippen LogP contribution is -2.46. The minimum atomic E-state index is -0.622. The minimum absolute atomic E-state index is 0.545. The average Bonchev–Trinajstić information content (AvgIpc) is 2.90. The van der Waals surface area contributed by atoms with Gasteiger partial charge in [0.1, 0.15) is 0 Å². The van der Waals surface area contributed by atoms with Gasteiger partial charge in [-0.25, -0.2) is 0 Å². The molecule has 0 aromatic carbocycles. The molecule has 4 heteroatoms. The standard InChI is InChI=1S/C14H23NO3/c16-13(17)14(4-6-18-7-5-14)10-15-8-11-2-1-3-12(11)9-15/h11-12H,1-10H2,(H,16,17). The minimum Gasteiger partial charge on any atom is -0.481 e. The van der Waals surface area contributed by atoms with Crippen LogP contribution >= 0.6 is 0 Å². The molecule has 0 amide bonds. The van der Waals surface area contributed by atoms with Gasteiger partial charge in [-0.05, 0) is 37.5 Å². The number of likely N-dealkylation sites (tertiary alicyclic amines) is 1. The predicted molar refractivity (Wildman–Crippen MR) is 67.4 cm³/mol. The molecular weight excluding hydrogens is 230 g/mol. The van der Waals surface area contributed by atoms with Gasteiger partial charge in [0.2, 0.25) is 0 Å². The molecule has 2 heterocycles. The van der Waals surface area contributed by atoms with Crippen LogP contribution in [0.3, 0.4) is 0 Å². The van der Waals surface area contributed by atoms with E-state index in [1.54, 1.807) is 0 Å².